The van der Waals surface area contributed by atoms with Crippen molar-refractivity contribution in [2.45, 2.75) is 290 Å². The molecule has 0 radical (unpaired) electrons. The molecular formula is C83H134O17P2. The number of carbonyl (C=O) groups excluding carboxylic acids is 4. The second-order valence-corrected chi connectivity index (χ2v) is 27.7. The number of ether oxygens (including phenoxy) is 4. The highest BCUT2D eigenvalue weighted by Crippen LogP contribution is 2.45. The summed E-state index contributed by atoms with van der Waals surface area (Å²) in [7, 11) is -10.0. The molecule has 0 rings (SSSR count). The van der Waals surface area contributed by atoms with Crippen molar-refractivity contribution in [2.75, 3.05) is 39.6 Å². The molecule has 19 heteroatoms. The van der Waals surface area contributed by atoms with E-state index in [0.717, 1.165) is 154 Å². The lowest BCUT2D eigenvalue weighted by Crippen LogP contribution is -2.30. The zero-order valence-electron chi connectivity index (χ0n) is 63.0. The van der Waals surface area contributed by atoms with Gasteiger partial charge in [0.1, 0.15) is 19.3 Å². The smallest absolute Gasteiger partial charge is 0.462 e. The van der Waals surface area contributed by atoms with Crippen LogP contribution in [0.25, 0.3) is 0 Å². The molecule has 5 unspecified atom stereocenters. The van der Waals surface area contributed by atoms with Gasteiger partial charge in [-0.2, -0.15) is 0 Å². The molecule has 3 N–H and O–H groups in total. The van der Waals surface area contributed by atoms with Crippen molar-refractivity contribution in [3.8, 4) is 0 Å². The third-order valence-corrected chi connectivity index (χ3v) is 17.1. The Labute approximate surface area is 616 Å². The number of aliphatic hydroxyl groups excluding tert-OH is 1. The van der Waals surface area contributed by atoms with Crippen molar-refractivity contribution < 1.29 is 80.2 Å². The van der Waals surface area contributed by atoms with Crippen molar-refractivity contribution in [3.05, 3.63) is 170 Å². The molecule has 0 aromatic heterocycles. The van der Waals surface area contributed by atoms with Crippen LogP contribution in [0.3, 0.4) is 0 Å². The van der Waals surface area contributed by atoms with Gasteiger partial charge in [0.2, 0.25) is 0 Å². The number of phosphoric acid groups is 2. The van der Waals surface area contributed by atoms with Gasteiger partial charge in [-0.15, -0.1) is 0 Å². The van der Waals surface area contributed by atoms with Gasteiger partial charge in [-0.25, -0.2) is 9.13 Å². The lowest BCUT2D eigenvalue weighted by molar-refractivity contribution is -0.161. The van der Waals surface area contributed by atoms with Crippen LogP contribution in [-0.2, 0) is 65.4 Å². The van der Waals surface area contributed by atoms with Gasteiger partial charge in [-0.1, -0.05) is 256 Å². The summed E-state index contributed by atoms with van der Waals surface area (Å²) in [5.41, 5.74) is 0. The van der Waals surface area contributed by atoms with Crippen LogP contribution < -0.4 is 0 Å². The number of aliphatic hydroxyl groups is 1. The fourth-order valence-corrected chi connectivity index (χ4v) is 11.0. The van der Waals surface area contributed by atoms with Crippen LogP contribution in [0.1, 0.15) is 272 Å². The standard InChI is InChI=1S/C83H134O17P2/c1-5-9-13-17-21-25-29-33-36-37-38-39-42-45-48-52-56-60-64-68-81(86)94-74-79(100-83(88)70-66-62-58-54-50-46-41-35-31-27-23-19-15-11-7-3)76-98-102(91,92)96-72-77(84)71-95-101(89,90)97-75-78(99-82(87)69-65-61-57-53-49-43-32-28-24-20-16-12-8-4)73-93-80(85)67-63-59-55-51-47-44-40-34-30-26-22-18-14-10-6-2/h9-11,13-15,21-23,25-28,32-36,38-41,45,48,50,54,56,60,77-79,84H,5-8,12,16-20,24,29-31,37,42-44,46-47,49,51-53,55,57-59,61-76H2,1-4H3,(H,89,90)(H,91,92)/b13-9-,14-10-,15-11-,25-21-,26-22-,27-23-,32-28-,36-33-,39-38-,40-34-,41-35-,48-45-,54-50-,60-56-. The highest BCUT2D eigenvalue weighted by atomic mass is 31.2. The summed E-state index contributed by atoms with van der Waals surface area (Å²) in [5, 5.41) is 10.6. The number of hydrogen-bond donors (Lipinski definition) is 3. The van der Waals surface area contributed by atoms with Gasteiger partial charge < -0.3 is 33.8 Å². The zero-order chi connectivity index (χ0) is 74.6. The van der Waals surface area contributed by atoms with E-state index in [4.69, 9.17) is 37.0 Å². The number of carbonyl (C=O) groups is 4. The second kappa shape index (κ2) is 73.7. The van der Waals surface area contributed by atoms with Gasteiger partial charge >= 0.3 is 39.5 Å². The highest BCUT2D eigenvalue weighted by molar-refractivity contribution is 7.47. The van der Waals surface area contributed by atoms with Gasteiger partial charge in [-0.05, 0) is 161 Å². The molecule has 0 amide bonds. The molecule has 0 saturated heterocycles. The topological polar surface area (TPSA) is 237 Å². The van der Waals surface area contributed by atoms with Crippen molar-refractivity contribution in [3.63, 3.8) is 0 Å². The van der Waals surface area contributed by atoms with Crippen molar-refractivity contribution in [1.29, 1.82) is 0 Å². The maximum atomic E-state index is 13.1. The minimum absolute atomic E-state index is 0.0200. The normalized spacial score (nSPS) is 14.9. The molecule has 578 valence electrons. The summed E-state index contributed by atoms with van der Waals surface area (Å²) < 4.78 is 68.3. The molecule has 0 aliphatic rings. The molecule has 0 saturated carbocycles. The first-order valence-corrected chi connectivity index (χ1v) is 41.4. The van der Waals surface area contributed by atoms with Gasteiger partial charge in [0.15, 0.2) is 12.2 Å². The maximum absolute atomic E-state index is 13.1. The Morgan fingerprint density at radius 1 is 0.284 bits per heavy atom. The summed E-state index contributed by atoms with van der Waals surface area (Å²) in [6, 6.07) is 0. The Morgan fingerprint density at radius 3 is 0.873 bits per heavy atom. The molecule has 0 fully saturated rings. The first kappa shape index (κ1) is 96.4. The van der Waals surface area contributed by atoms with Gasteiger partial charge in [-0.3, -0.25) is 37.3 Å². The molecule has 0 bridgehead atoms. The van der Waals surface area contributed by atoms with E-state index < -0.39 is 97.5 Å². The predicted octanol–water partition coefficient (Wildman–Crippen LogP) is 22.2. The van der Waals surface area contributed by atoms with Crippen molar-refractivity contribution in [2.24, 2.45) is 0 Å². The number of esters is 4. The summed E-state index contributed by atoms with van der Waals surface area (Å²) in [5.74, 6) is -2.36. The van der Waals surface area contributed by atoms with Gasteiger partial charge in [0, 0.05) is 25.7 Å². The van der Waals surface area contributed by atoms with Crippen LogP contribution >= 0.6 is 15.6 Å². The summed E-state index contributed by atoms with van der Waals surface area (Å²) in [6.45, 7) is 4.32. The monoisotopic (exact) mass is 1460 g/mol. The average Bonchev–Trinajstić information content (AvgIpc) is 0.924. The second-order valence-electron chi connectivity index (χ2n) is 24.8. The van der Waals surface area contributed by atoms with E-state index in [9.17, 15) is 43.2 Å². The molecule has 17 nitrogen and oxygen atoms in total. The van der Waals surface area contributed by atoms with Crippen LogP contribution in [0.5, 0.6) is 0 Å². The molecule has 0 heterocycles. The van der Waals surface area contributed by atoms with Crippen LogP contribution in [0.15, 0.2) is 170 Å². The first-order chi connectivity index (χ1) is 49.7. The Kier molecular flexibility index (Phi) is 69.7. The molecule has 0 aromatic carbocycles. The largest absolute Gasteiger partial charge is 0.472 e. The Morgan fingerprint density at radius 2 is 0.529 bits per heavy atom. The minimum atomic E-state index is -5.01. The fourth-order valence-electron chi connectivity index (χ4n) is 9.42. The number of allylic oxidation sites excluding steroid dienone is 28. The van der Waals surface area contributed by atoms with Crippen molar-refractivity contribution >= 4 is 39.5 Å². The van der Waals surface area contributed by atoms with Gasteiger partial charge in [0.05, 0.1) is 26.4 Å². The number of rotatable bonds is 70. The number of phosphoric ester groups is 2. The number of hydrogen-bond acceptors (Lipinski definition) is 15. The first-order valence-electron chi connectivity index (χ1n) is 38.4. The van der Waals surface area contributed by atoms with E-state index in [1.807, 2.05) is 24.3 Å². The lowest BCUT2D eigenvalue weighted by atomic mass is 10.1. The highest BCUT2D eigenvalue weighted by Gasteiger charge is 2.30. The SMILES string of the molecule is CC/C=C\C/C=C\C/C=C\C/C=C\C/C=C\C/C=C\CCC(=O)OCC(COP(=O)(O)OCC(O)COP(=O)(O)OCC(COC(=O)CCCCCCC/C=C\C/C=C\C/C=C\CC)OC(=O)CCCCCCC/C=C\CCCCCC)OC(=O)CCCC/C=C\C/C=C\C/C=C\C/C=C\CC. The molecule has 0 aliphatic heterocycles. The molecule has 5 atom stereocenters. The van der Waals surface area contributed by atoms with E-state index >= 15 is 0 Å². The van der Waals surface area contributed by atoms with Crippen LogP contribution in [0, 0.1) is 0 Å². The maximum Gasteiger partial charge on any atom is 0.472 e. The minimum Gasteiger partial charge on any atom is -0.462 e. The predicted molar refractivity (Wildman–Crippen MR) is 417 cm³/mol. The van der Waals surface area contributed by atoms with Gasteiger partial charge in [0.25, 0.3) is 0 Å². The molecular weight excluding hydrogens is 1330 g/mol. The lowest BCUT2D eigenvalue weighted by Gasteiger charge is -2.21. The number of unbranched alkanes of at least 4 members (excludes halogenated alkanes) is 16. The molecule has 0 aliphatic carbocycles. The quantitative estimate of drug-likeness (QED) is 0.0169. The van der Waals surface area contributed by atoms with Crippen LogP contribution in [-0.4, -0.2) is 96.7 Å². The Balaban J connectivity index is 5.48. The molecule has 0 aromatic rings. The Hall–Kier alpha value is -5.58. The van der Waals surface area contributed by atoms with Crippen LogP contribution in [0.4, 0.5) is 0 Å². The third-order valence-electron chi connectivity index (χ3n) is 15.2. The third kappa shape index (κ3) is 72.8. The van der Waals surface area contributed by atoms with Crippen molar-refractivity contribution in [1.82, 2.24) is 0 Å². The Bertz CT molecular complexity index is 2600. The van der Waals surface area contributed by atoms with Crippen LogP contribution in [0.2, 0.25) is 0 Å². The van der Waals surface area contributed by atoms with E-state index in [-0.39, 0.29) is 25.7 Å². The zero-order valence-corrected chi connectivity index (χ0v) is 64.8. The van der Waals surface area contributed by atoms with E-state index in [2.05, 4.69) is 174 Å². The average molecular weight is 1470 g/mol. The van der Waals surface area contributed by atoms with E-state index in [1.165, 1.54) is 25.7 Å². The summed E-state index contributed by atoms with van der Waals surface area (Å²) >= 11 is 0. The fraction of sp³-hybridized carbons (Fsp3) is 0.614. The van der Waals surface area contributed by atoms with E-state index in [0.29, 0.717) is 38.5 Å². The summed E-state index contributed by atoms with van der Waals surface area (Å²) in [6.07, 6.45) is 86.5. The molecule has 0 spiro atoms. The summed E-state index contributed by atoms with van der Waals surface area (Å²) in [4.78, 5) is 72.9. The molecule has 102 heavy (non-hydrogen) atoms. The van der Waals surface area contributed by atoms with E-state index in [1.54, 1.807) is 0 Å².